The molecule has 29 heavy (non-hydrogen) atoms. The Bertz CT molecular complexity index is 800. The van der Waals surface area contributed by atoms with Crippen molar-refractivity contribution in [3.05, 3.63) is 46.8 Å². The highest BCUT2D eigenvalue weighted by Crippen LogP contribution is 2.19. The first-order valence-corrected chi connectivity index (χ1v) is 10.4. The van der Waals surface area contributed by atoms with E-state index in [-0.39, 0.29) is 5.91 Å². The fourth-order valence-electron chi connectivity index (χ4n) is 3.95. The smallest absolute Gasteiger partial charge is 0.253 e. The van der Waals surface area contributed by atoms with Gasteiger partial charge in [-0.3, -0.25) is 9.69 Å². The number of rotatable bonds is 6. The first kappa shape index (κ1) is 19.9. The number of hydrogen-bond donors (Lipinski definition) is 0. The van der Waals surface area contributed by atoms with Crippen molar-refractivity contribution in [2.45, 2.75) is 39.4 Å². The predicted octanol–water partition coefficient (Wildman–Crippen LogP) is 2.81. The van der Waals surface area contributed by atoms with Gasteiger partial charge in [0.1, 0.15) is 18.1 Å². The summed E-state index contributed by atoms with van der Waals surface area (Å²) in [5.74, 6) is 1.58. The molecule has 2 aromatic rings. The van der Waals surface area contributed by atoms with Crippen molar-refractivity contribution in [3.63, 3.8) is 0 Å². The van der Waals surface area contributed by atoms with Crippen molar-refractivity contribution in [3.8, 4) is 5.75 Å². The van der Waals surface area contributed by atoms with Gasteiger partial charge in [-0.15, -0.1) is 0 Å². The van der Waals surface area contributed by atoms with Crippen LogP contribution in [0.3, 0.4) is 0 Å². The van der Waals surface area contributed by atoms with Crippen molar-refractivity contribution in [1.82, 2.24) is 15.0 Å². The molecule has 2 aliphatic rings. The largest absolute Gasteiger partial charge is 0.489 e. The number of aryl methyl sites for hydroxylation is 2. The van der Waals surface area contributed by atoms with Gasteiger partial charge in [-0.1, -0.05) is 5.16 Å². The molecule has 0 unspecified atom stereocenters. The number of amides is 1. The van der Waals surface area contributed by atoms with Crippen molar-refractivity contribution < 1.29 is 18.8 Å². The van der Waals surface area contributed by atoms with Gasteiger partial charge in [0.15, 0.2) is 0 Å². The molecule has 1 aromatic heterocycles. The molecule has 7 nitrogen and oxygen atoms in total. The molecule has 2 aliphatic heterocycles. The zero-order chi connectivity index (χ0) is 20.2. The van der Waals surface area contributed by atoms with Crippen LogP contribution in [0.5, 0.6) is 5.75 Å². The van der Waals surface area contributed by atoms with E-state index < -0.39 is 0 Å². The molecule has 0 radical (unpaired) electrons. The molecule has 1 amide bonds. The average molecular weight is 399 g/mol. The predicted molar refractivity (Wildman–Crippen MR) is 108 cm³/mol. The normalized spacial score (nSPS) is 20.2. The number of ether oxygens (including phenoxy) is 2. The Labute approximate surface area is 171 Å². The Morgan fingerprint density at radius 3 is 2.55 bits per heavy atom. The maximum absolute atomic E-state index is 12.8. The van der Waals surface area contributed by atoms with Crippen LogP contribution < -0.4 is 4.74 Å². The number of benzene rings is 1. The lowest BCUT2D eigenvalue weighted by atomic mass is 10.1. The standard InChI is InChI=1S/C22H29N3O4/c1-16-21(17(2)29-23-16)15-28-19-7-5-18(6-8-19)22(26)25-11-9-24(10-12-25)14-20-4-3-13-27-20/h5-8,20H,3-4,9-15H2,1-2H3/t20-/m1/s1. The Balaban J connectivity index is 1.27. The van der Waals surface area contributed by atoms with Crippen LogP contribution in [0.2, 0.25) is 0 Å². The third-order valence-electron chi connectivity index (χ3n) is 5.81. The molecule has 0 bridgehead atoms. The molecule has 4 rings (SSSR count). The minimum atomic E-state index is 0.0824. The van der Waals surface area contributed by atoms with Gasteiger partial charge >= 0.3 is 0 Å². The Hall–Kier alpha value is -2.38. The SMILES string of the molecule is Cc1noc(C)c1COc1ccc(C(=O)N2CCN(C[C@H]3CCCO3)CC2)cc1. The van der Waals surface area contributed by atoms with E-state index in [9.17, 15) is 4.79 Å². The van der Waals surface area contributed by atoms with Crippen LogP contribution in [0, 0.1) is 13.8 Å². The number of nitrogens with zero attached hydrogens (tertiary/aromatic N) is 3. The van der Waals surface area contributed by atoms with Gasteiger partial charge in [0, 0.05) is 44.9 Å². The molecule has 0 spiro atoms. The lowest BCUT2D eigenvalue weighted by molar-refractivity contribution is 0.0432. The fraction of sp³-hybridized carbons (Fsp3) is 0.545. The minimum Gasteiger partial charge on any atom is -0.489 e. The van der Waals surface area contributed by atoms with Crippen LogP contribution in [-0.4, -0.2) is 66.3 Å². The molecule has 2 fully saturated rings. The van der Waals surface area contributed by atoms with Crippen LogP contribution in [0.15, 0.2) is 28.8 Å². The number of carbonyl (C=O) groups is 1. The monoisotopic (exact) mass is 399 g/mol. The third-order valence-corrected chi connectivity index (χ3v) is 5.81. The van der Waals surface area contributed by atoms with E-state index in [2.05, 4.69) is 10.1 Å². The summed E-state index contributed by atoms with van der Waals surface area (Å²) in [7, 11) is 0. The first-order chi connectivity index (χ1) is 14.1. The zero-order valence-corrected chi connectivity index (χ0v) is 17.2. The number of carbonyl (C=O) groups excluding carboxylic acids is 1. The van der Waals surface area contributed by atoms with Crippen molar-refractivity contribution >= 4 is 5.91 Å². The van der Waals surface area contributed by atoms with E-state index in [1.165, 1.54) is 6.42 Å². The molecule has 1 atom stereocenters. The second-order valence-electron chi connectivity index (χ2n) is 7.84. The zero-order valence-electron chi connectivity index (χ0n) is 17.2. The van der Waals surface area contributed by atoms with Crippen LogP contribution >= 0.6 is 0 Å². The highest BCUT2D eigenvalue weighted by molar-refractivity contribution is 5.94. The van der Waals surface area contributed by atoms with E-state index in [0.29, 0.717) is 18.3 Å². The van der Waals surface area contributed by atoms with Gasteiger partial charge < -0.3 is 18.9 Å². The van der Waals surface area contributed by atoms with Gasteiger partial charge in [-0.25, -0.2) is 0 Å². The Morgan fingerprint density at radius 1 is 1.17 bits per heavy atom. The molecule has 0 aliphatic carbocycles. The Morgan fingerprint density at radius 2 is 1.93 bits per heavy atom. The van der Waals surface area contributed by atoms with Crippen molar-refractivity contribution in [2.75, 3.05) is 39.3 Å². The van der Waals surface area contributed by atoms with Gasteiger partial charge in [0.25, 0.3) is 5.91 Å². The molecule has 156 valence electrons. The van der Waals surface area contributed by atoms with Crippen molar-refractivity contribution in [1.29, 1.82) is 0 Å². The summed E-state index contributed by atoms with van der Waals surface area (Å²) in [6.45, 7) is 9.39. The second-order valence-corrected chi connectivity index (χ2v) is 7.84. The molecule has 3 heterocycles. The average Bonchev–Trinajstić information content (AvgIpc) is 3.37. The Kier molecular flexibility index (Phi) is 6.16. The number of hydrogen-bond acceptors (Lipinski definition) is 6. The van der Waals surface area contributed by atoms with E-state index in [4.69, 9.17) is 14.0 Å². The van der Waals surface area contributed by atoms with Gasteiger partial charge in [-0.05, 0) is 51.0 Å². The van der Waals surface area contributed by atoms with Gasteiger partial charge in [0.05, 0.1) is 17.4 Å². The summed E-state index contributed by atoms with van der Waals surface area (Å²) in [5, 5.41) is 3.94. The summed E-state index contributed by atoms with van der Waals surface area (Å²) >= 11 is 0. The van der Waals surface area contributed by atoms with E-state index >= 15 is 0 Å². The molecular formula is C22H29N3O4. The molecule has 1 aromatic carbocycles. The summed E-state index contributed by atoms with van der Waals surface area (Å²) in [6, 6.07) is 7.37. The highest BCUT2D eigenvalue weighted by Gasteiger charge is 2.25. The lowest BCUT2D eigenvalue weighted by Crippen LogP contribution is -2.50. The minimum absolute atomic E-state index is 0.0824. The molecule has 2 saturated heterocycles. The number of piperazine rings is 1. The topological polar surface area (TPSA) is 68.0 Å². The lowest BCUT2D eigenvalue weighted by Gasteiger charge is -2.35. The third kappa shape index (κ3) is 4.79. The van der Waals surface area contributed by atoms with Crippen LogP contribution in [-0.2, 0) is 11.3 Å². The second kappa shape index (κ2) is 8.97. The van der Waals surface area contributed by atoms with E-state index in [1.54, 1.807) is 0 Å². The maximum atomic E-state index is 12.8. The summed E-state index contributed by atoms with van der Waals surface area (Å²) in [5.41, 5.74) is 2.50. The van der Waals surface area contributed by atoms with E-state index in [1.807, 2.05) is 43.0 Å². The molecule has 0 N–H and O–H groups in total. The molecule has 0 saturated carbocycles. The summed E-state index contributed by atoms with van der Waals surface area (Å²) < 4.78 is 16.7. The summed E-state index contributed by atoms with van der Waals surface area (Å²) in [6.07, 6.45) is 2.69. The maximum Gasteiger partial charge on any atom is 0.253 e. The molecule has 7 heteroatoms. The number of aromatic nitrogens is 1. The summed E-state index contributed by atoms with van der Waals surface area (Å²) in [4.78, 5) is 17.2. The highest BCUT2D eigenvalue weighted by atomic mass is 16.5. The van der Waals surface area contributed by atoms with Crippen molar-refractivity contribution in [2.24, 2.45) is 0 Å². The van der Waals surface area contributed by atoms with Crippen LogP contribution in [0.4, 0.5) is 0 Å². The first-order valence-electron chi connectivity index (χ1n) is 10.4. The van der Waals surface area contributed by atoms with Gasteiger partial charge in [0.2, 0.25) is 0 Å². The molecular weight excluding hydrogens is 370 g/mol. The van der Waals surface area contributed by atoms with Gasteiger partial charge in [-0.2, -0.15) is 0 Å². The van der Waals surface area contributed by atoms with Crippen LogP contribution in [0.1, 0.15) is 40.2 Å². The quantitative estimate of drug-likeness (QED) is 0.744. The van der Waals surface area contributed by atoms with E-state index in [0.717, 1.165) is 68.5 Å². The fourth-order valence-corrected chi connectivity index (χ4v) is 3.95. The van der Waals surface area contributed by atoms with Crippen LogP contribution in [0.25, 0.3) is 0 Å².